The highest BCUT2D eigenvalue weighted by molar-refractivity contribution is 6.30. The molecule has 0 N–H and O–H groups in total. The minimum Gasteiger partial charge on any atom is -0.469 e. The number of rotatable bonds is 2. The standard InChI is InChI=1S/C8H7ClFNO2/c1-13-8(12)3-5-2-6(9)7(10)4-11-5/h2,4H,3H2,1H3. The summed E-state index contributed by atoms with van der Waals surface area (Å²) in [7, 11) is 1.27. The van der Waals surface area contributed by atoms with Gasteiger partial charge in [0.1, 0.15) is 0 Å². The number of pyridine rings is 1. The normalized spacial score (nSPS) is 9.77. The molecule has 0 fully saturated rings. The SMILES string of the molecule is COC(=O)Cc1cc(Cl)c(F)cn1. The van der Waals surface area contributed by atoms with Gasteiger partial charge in [-0.1, -0.05) is 11.6 Å². The van der Waals surface area contributed by atoms with Crippen LogP contribution in [0.15, 0.2) is 12.3 Å². The fourth-order valence-electron chi connectivity index (χ4n) is 0.770. The van der Waals surface area contributed by atoms with Crippen molar-refractivity contribution >= 4 is 17.6 Å². The number of ether oxygens (including phenoxy) is 1. The Balaban J connectivity index is 2.79. The van der Waals surface area contributed by atoms with Crippen molar-refractivity contribution in [1.29, 1.82) is 0 Å². The van der Waals surface area contributed by atoms with Gasteiger partial charge in [0, 0.05) is 0 Å². The molecule has 1 aromatic heterocycles. The first-order valence-corrected chi connectivity index (χ1v) is 3.88. The number of nitrogens with zero attached hydrogens (tertiary/aromatic N) is 1. The summed E-state index contributed by atoms with van der Waals surface area (Å²) in [4.78, 5) is 14.4. The van der Waals surface area contributed by atoms with Crippen LogP contribution in [0.1, 0.15) is 5.69 Å². The molecule has 0 amide bonds. The molecule has 70 valence electrons. The number of carbonyl (C=O) groups excluding carboxylic acids is 1. The Kier molecular flexibility index (Phi) is 3.19. The van der Waals surface area contributed by atoms with Gasteiger partial charge in [-0.05, 0) is 6.07 Å². The van der Waals surface area contributed by atoms with Crippen LogP contribution in [0.2, 0.25) is 5.02 Å². The Hall–Kier alpha value is -1.16. The van der Waals surface area contributed by atoms with Gasteiger partial charge in [0.15, 0.2) is 5.82 Å². The molecule has 1 heterocycles. The summed E-state index contributed by atoms with van der Waals surface area (Å²) in [6.07, 6.45) is 0.969. The Labute approximate surface area is 79.5 Å². The second-order valence-electron chi connectivity index (χ2n) is 2.34. The third-order valence-corrected chi connectivity index (χ3v) is 1.71. The monoisotopic (exact) mass is 203 g/mol. The zero-order valence-electron chi connectivity index (χ0n) is 6.88. The molecule has 0 spiro atoms. The average Bonchev–Trinajstić information content (AvgIpc) is 2.11. The van der Waals surface area contributed by atoms with E-state index >= 15 is 0 Å². The molecular formula is C8H7ClFNO2. The molecule has 3 nitrogen and oxygen atoms in total. The first-order valence-electron chi connectivity index (χ1n) is 3.50. The third-order valence-electron chi connectivity index (χ3n) is 1.42. The molecule has 0 unspecified atom stereocenters. The minimum absolute atomic E-state index is 0.00347. The van der Waals surface area contributed by atoms with Crippen molar-refractivity contribution in [2.75, 3.05) is 7.11 Å². The van der Waals surface area contributed by atoms with E-state index in [2.05, 4.69) is 9.72 Å². The van der Waals surface area contributed by atoms with Crippen LogP contribution in [-0.4, -0.2) is 18.1 Å². The van der Waals surface area contributed by atoms with E-state index in [1.54, 1.807) is 0 Å². The second-order valence-corrected chi connectivity index (χ2v) is 2.75. The molecule has 1 aromatic rings. The first-order chi connectivity index (χ1) is 6.13. The molecule has 0 aliphatic rings. The van der Waals surface area contributed by atoms with Crippen molar-refractivity contribution in [2.45, 2.75) is 6.42 Å². The van der Waals surface area contributed by atoms with Gasteiger partial charge in [-0.25, -0.2) is 4.39 Å². The van der Waals surface area contributed by atoms with Gasteiger partial charge in [0.05, 0.1) is 30.4 Å². The number of methoxy groups -OCH3 is 1. The zero-order valence-corrected chi connectivity index (χ0v) is 7.64. The highest BCUT2D eigenvalue weighted by atomic mass is 35.5. The molecule has 0 aliphatic carbocycles. The topological polar surface area (TPSA) is 39.2 Å². The van der Waals surface area contributed by atoms with E-state index in [4.69, 9.17) is 11.6 Å². The lowest BCUT2D eigenvalue weighted by Gasteiger charge is -1.99. The molecular weight excluding hydrogens is 197 g/mol. The van der Waals surface area contributed by atoms with Gasteiger partial charge in [-0.2, -0.15) is 0 Å². The van der Waals surface area contributed by atoms with Crippen molar-refractivity contribution in [3.63, 3.8) is 0 Å². The van der Waals surface area contributed by atoms with Gasteiger partial charge >= 0.3 is 5.97 Å². The number of hydrogen-bond donors (Lipinski definition) is 0. The Morgan fingerprint density at radius 1 is 1.77 bits per heavy atom. The van der Waals surface area contributed by atoms with Gasteiger partial charge < -0.3 is 4.74 Å². The van der Waals surface area contributed by atoms with Crippen LogP contribution in [0, 0.1) is 5.82 Å². The van der Waals surface area contributed by atoms with E-state index in [1.807, 2.05) is 0 Å². The van der Waals surface area contributed by atoms with Crippen LogP contribution in [0.4, 0.5) is 4.39 Å². The van der Waals surface area contributed by atoms with Gasteiger partial charge in [-0.3, -0.25) is 9.78 Å². The van der Waals surface area contributed by atoms with Crippen molar-refractivity contribution in [1.82, 2.24) is 4.98 Å². The van der Waals surface area contributed by atoms with E-state index < -0.39 is 11.8 Å². The van der Waals surface area contributed by atoms with Gasteiger partial charge in [0.2, 0.25) is 0 Å². The van der Waals surface area contributed by atoms with Crippen molar-refractivity contribution in [3.8, 4) is 0 Å². The van der Waals surface area contributed by atoms with E-state index in [-0.39, 0.29) is 11.4 Å². The molecule has 0 saturated heterocycles. The summed E-state index contributed by atoms with van der Waals surface area (Å²) in [5.41, 5.74) is 0.387. The van der Waals surface area contributed by atoms with Crippen LogP contribution < -0.4 is 0 Å². The van der Waals surface area contributed by atoms with Crippen molar-refractivity contribution in [2.24, 2.45) is 0 Å². The molecule has 0 radical (unpaired) electrons. The quantitative estimate of drug-likeness (QED) is 0.686. The fourth-order valence-corrected chi connectivity index (χ4v) is 0.945. The van der Waals surface area contributed by atoms with Crippen molar-refractivity contribution < 1.29 is 13.9 Å². The highest BCUT2D eigenvalue weighted by Crippen LogP contribution is 2.14. The smallest absolute Gasteiger partial charge is 0.311 e. The number of hydrogen-bond acceptors (Lipinski definition) is 3. The summed E-state index contributed by atoms with van der Waals surface area (Å²) in [6, 6.07) is 1.30. The molecule has 0 atom stereocenters. The first kappa shape index (κ1) is 9.92. The molecule has 1 rings (SSSR count). The van der Waals surface area contributed by atoms with Crippen LogP contribution in [-0.2, 0) is 16.0 Å². The molecule has 0 saturated carbocycles. The lowest BCUT2D eigenvalue weighted by atomic mass is 10.3. The zero-order chi connectivity index (χ0) is 9.84. The number of carbonyl (C=O) groups is 1. The fraction of sp³-hybridized carbons (Fsp3) is 0.250. The highest BCUT2D eigenvalue weighted by Gasteiger charge is 2.06. The van der Waals surface area contributed by atoms with E-state index in [0.717, 1.165) is 6.20 Å². The Morgan fingerprint density at radius 2 is 2.46 bits per heavy atom. The lowest BCUT2D eigenvalue weighted by Crippen LogP contribution is -2.06. The van der Waals surface area contributed by atoms with Crippen LogP contribution in [0.3, 0.4) is 0 Å². The summed E-state index contributed by atoms with van der Waals surface area (Å²) >= 11 is 5.47. The Morgan fingerprint density at radius 3 is 3.00 bits per heavy atom. The summed E-state index contributed by atoms with van der Waals surface area (Å²) < 4.78 is 17.0. The van der Waals surface area contributed by atoms with Crippen LogP contribution >= 0.6 is 11.6 Å². The summed E-state index contributed by atoms with van der Waals surface area (Å²) in [5.74, 6) is -1.04. The Bertz CT molecular complexity index is 330. The number of aromatic nitrogens is 1. The maximum atomic E-state index is 12.6. The molecule has 0 bridgehead atoms. The lowest BCUT2D eigenvalue weighted by molar-refractivity contribution is -0.139. The van der Waals surface area contributed by atoms with Gasteiger partial charge in [0.25, 0.3) is 0 Å². The van der Waals surface area contributed by atoms with E-state index in [9.17, 15) is 9.18 Å². The van der Waals surface area contributed by atoms with Gasteiger partial charge in [-0.15, -0.1) is 0 Å². The maximum absolute atomic E-state index is 12.6. The average molecular weight is 204 g/mol. The predicted octanol–water partition coefficient (Wildman–Crippen LogP) is 1.59. The van der Waals surface area contributed by atoms with Crippen LogP contribution in [0.25, 0.3) is 0 Å². The summed E-state index contributed by atoms with van der Waals surface area (Å²) in [6.45, 7) is 0. The molecule has 0 aliphatic heterocycles. The molecule has 5 heteroatoms. The minimum atomic E-state index is -0.602. The second kappa shape index (κ2) is 4.18. The molecule has 0 aromatic carbocycles. The molecule has 13 heavy (non-hydrogen) atoms. The maximum Gasteiger partial charge on any atom is 0.311 e. The van der Waals surface area contributed by atoms with Crippen LogP contribution in [0.5, 0.6) is 0 Å². The number of halogens is 2. The number of esters is 1. The van der Waals surface area contributed by atoms with E-state index in [0.29, 0.717) is 5.69 Å². The van der Waals surface area contributed by atoms with E-state index in [1.165, 1.54) is 13.2 Å². The third kappa shape index (κ3) is 2.66. The van der Waals surface area contributed by atoms with Crippen molar-refractivity contribution in [3.05, 3.63) is 28.8 Å². The predicted molar refractivity (Wildman–Crippen MR) is 44.9 cm³/mol. The summed E-state index contributed by atoms with van der Waals surface area (Å²) in [5, 5.41) is -0.0473. The largest absolute Gasteiger partial charge is 0.469 e.